The molecule has 13 aromatic rings. The van der Waals surface area contributed by atoms with Crippen LogP contribution >= 0.6 is 0 Å². The molecular weight excluding hydrogens is 835 g/mol. The number of hydrogen-bond acceptors (Lipinski definition) is 2. The molecule has 0 saturated carbocycles. The first-order valence-electron chi connectivity index (χ1n) is 23.8. The molecule has 0 N–H and O–H groups in total. The van der Waals surface area contributed by atoms with Gasteiger partial charge in [0, 0.05) is 27.5 Å². The molecule has 0 bridgehead atoms. The summed E-state index contributed by atoms with van der Waals surface area (Å²) in [5.74, 6) is 0. The second-order valence-electron chi connectivity index (χ2n) is 18.3. The summed E-state index contributed by atoms with van der Waals surface area (Å²) in [6.07, 6.45) is 0. The minimum Gasteiger partial charge on any atom is -0.453 e. The number of furan rings is 1. The molecule has 0 radical (unpaired) electrons. The third-order valence-electron chi connectivity index (χ3n) is 14.7. The first-order chi connectivity index (χ1) is 34.2. The molecule has 1 heterocycles. The fourth-order valence-electron chi connectivity index (χ4n) is 11.7. The molecule has 14 rings (SSSR count). The Morgan fingerprint density at radius 1 is 0.290 bits per heavy atom. The summed E-state index contributed by atoms with van der Waals surface area (Å²) < 4.78 is 7.09. The van der Waals surface area contributed by atoms with E-state index in [1.54, 1.807) is 0 Å². The highest BCUT2D eigenvalue weighted by molar-refractivity contribution is 6.18. The van der Waals surface area contributed by atoms with Gasteiger partial charge in [0.15, 0.2) is 5.58 Å². The topological polar surface area (TPSA) is 16.4 Å². The van der Waals surface area contributed by atoms with Crippen molar-refractivity contribution in [2.45, 2.75) is 5.41 Å². The van der Waals surface area contributed by atoms with Crippen LogP contribution in [0, 0.1) is 0 Å². The van der Waals surface area contributed by atoms with E-state index in [0.29, 0.717) is 0 Å². The van der Waals surface area contributed by atoms with Crippen molar-refractivity contribution < 1.29 is 4.42 Å². The van der Waals surface area contributed by atoms with Gasteiger partial charge in [0.05, 0.1) is 11.1 Å². The van der Waals surface area contributed by atoms with E-state index in [9.17, 15) is 0 Å². The van der Waals surface area contributed by atoms with Gasteiger partial charge in [0.1, 0.15) is 5.58 Å². The monoisotopic (exact) mass is 877 g/mol. The van der Waals surface area contributed by atoms with Crippen LogP contribution in [-0.4, -0.2) is 0 Å². The van der Waals surface area contributed by atoms with Crippen molar-refractivity contribution in [3.63, 3.8) is 0 Å². The van der Waals surface area contributed by atoms with Gasteiger partial charge >= 0.3 is 0 Å². The Hall–Kier alpha value is -8.98. The molecular formula is C67H43NO. The van der Waals surface area contributed by atoms with Gasteiger partial charge in [-0.05, 0) is 131 Å². The molecule has 0 spiro atoms. The van der Waals surface area contributed by atoms with Crippen LogP contribution in [0.25, 0.3) is 87.6 Å². The fourth-order valence-corrected chi connectivity index (χ4v) is 11.7. The average Bonchev–Trinajstić information content (AvgIpc) is 3.96. The third kappa shape index (κ3) is 5.99. The second kappa shape index (κ2) is 15.6. The van der Waals surface area contributed by atoms with E-state index >= 15 is 0 Å². The highest BCUT2D eigenvalue weighted by atomic mass is 16.3. The number of benzene rings is 12. The summed E-state index contributed by atoms with van der Waals surface area (Å²) in [5, 5.41) is 9.43. The number of hydrogen-bond donors (Lipinski definition) is 0. The molecule has 0 atom stereocenters. The molecule has 322 valence electrons. The van der Waals surface area contributed by atoms with E-state index in [0.717, 1.165) is 66.5 Å². The summed E-state index contributed by atoms with van der Waals surface area (Å²) in [6, 6.07) is 95.5. The lowest BCUT2D eigenvalue weighted by molar-refractivity contribution is 0.673. The van der Waals surface area contributed by atoms with Crippen LogP contribution in [0.1, 0.15) is 22.3 Å². The molecule has 1 aliphatic carbocycles. The van der Waals surface area contributed by atoms with Crippen LogP contribution < -0.4 is 4.90 Å². The summed E-state index contributed by atoms with van der Waals surface area (Å²) in [7, 11) is 0. The molecule has 12 aromatic carbocycles. The standard InChI is InChI=1S/C67H43NO/c1-3-22-49(23-4-1)67(50-24-5-2-6-25-50)62-34-14-13-32-57(62)61-42-46(37-39-63(61)67)45-20-15-26-51(40-45)68(64-35-17-33-58-59-38-36-44-18-7-10-29-54(44)65(59)69-66(58)64)52-27-16-21-47(41-52)60-43-48-19-8-9-28-53(48)55-30-11-12-31-56(55)60/h1-43H. The molecule has 2 nitrogen and oxygen atoms in total. The van der Waals surface area contributed by atoms with E-state index in [2.05, 4.69) is 266 Å². The quantitative estimate of drug-likeness (QED) is 0.148. The Morgan fingerprint density at radius 3 is 1.64 bits per heavy atom. The van der Waals surface area contributed by atoms with Crippen molar-refractivity contribution >= 4 is 71.3 Å². The van der Waals surface area contributed by atoms with Gasteiger partial charge < -0.3 is 9.32 Å². The maximum Gasteiger partial charge on any atom is 0.159 e. The number of anilines is 3. The molecule has 0 unspecified atom stereocenters. The van der Waals surface area contributed by atoms with Crippen LogP contribution in [0.2, 0.25) is 0 Å². The predicted molar refractivity (Wildman–Crippen MR) is 289 cm³/mol. The van der Waals surface area contributed by atoms with Crippen molar-refractivity contribution in [3.8, 4) is 33.4 Å². The van der Waals surface area contributed by atoms with Crippen LogP contribution in [-0.2, 0) is 5.41 Å². The smallest absolute Gasteiger partial charge is 0.159 e. The summed E-state index contributed by atoms with van der Waals surface area (Å²) in [6.45, 7) is 0. The first-order valence-corrected chi connectivity index (χ1v) is 23.8. The largest absolute Gasteiger partial charge is 0.453 e. The zero-order valence-electron chi connectivity index (χ0n) is 37.7. The molecule has 0 amide bonds. The van der Waals surface area contributed by atoms with Crippen LogP contribution in [0.3, 0.4) is 0 Å². The molecule has 2 heteroatoms. The number of para-hydroxylation sites is 1. The van der Waals surface area contributed by atoms with E-state index in [-0.39, 0.29) is 0 Å². The molecule has 0 fully saturated rings. The van der Waals surface area contributed by atoms with Gasteiger partial charge in [0.25, 0.3) is 0 Å². The SMILES string of the molecule is c1ccc(C2(c3ccccc3)c3ccccc3-c3cc(-c4cccc(N(c5cccc(-c6cc7ccccc7c7ccccc67)c5)c5cccc6c5oc5c7ccccc7ccc65)c4)ccc32)cc1. The number of nitrogens with zero attached hydrogens (tertiary/aromatic N) is 1. The first kappa shape index (κ1) is 39.2. The molecule has 0 saturated heterocycles. The van der Waals surface area contributed by atoms with Gasteiger partial charge in [-0.1, -0.05) is 212 Å². The Balaban J connectivity index is 0.974. The van der Waals surface area contributed by atoms with E-state index in [4.69, 9.17) is 4.42 Å². The molecule has 0 aliphatic heterocycles. The Labute approximate surface area is 400 Å². The highest BCUT2D eigenvalue weighted by Crippen LogP contribution is 2.57. The van der Waals surface area contributed by atoms with Crippen LogP contribution in [0.15, 0.2) is 265 Å². The maximum absolute atomic E-state index is 7.09. The third-order valence-corrected chi connectivity index (χ3v) is 14.7. The van der Waals surface area contributed by atoms with Crippen molar-refractivity contribution in [2.24, 2.45) is 0 Å². The zero-order chi connectivity index (χ0) is 45.5. The van der Waals surface area contributed by atoms with Crippen molar-refractivity contribution in [3.05, 3.63) is 283 Å². The maximum atomic E-state index is 7.09. The molecule has 1 aliphatic rings. The van der Waals surface area contributed by atoms with Crippen molar-refractivity contribution in [1.29, 1.82) is 0 Å². The minimum absolute atomic E-state index is 0.455. The normalized spacial score (nSPS) is 12.8. The zero-order valence-corrected chi connectivity index (χ0v) is 37.7. The van der Waals surface area contributed by atoms with E-state index in [1.807, 2.05) is 0 Å². The van der Waals surface area contributed by atoms with E-state index in [1.165, 1.54) is 60.5 Å². The highest BCUT2D eigenvalue weighted by Gasteiger charge is 2.46. The second-order valence-corrected chi connectivity index (χ2v) is 18.3. The fraction of sp³-hybridized carbons (Fsp3) is 0.0149. The Bertz CT molecular complexity index is 4110. The molecule has 1 aromatic heterocycles. The van der Waals surface area contributed by atoms with Crippen molar-refractivity contribution in [1.82, 2.24) is 0 Å². The number of rotatable bonds is 7. The van der Waals surface area contributed by atoms with E-state index < -0.39 is 5.41 Å². The van der Waals surface area contributed by atoms with Gasteiger partial charge in [0.2, 0.25) is 0 Å². The lowest BCUT2D eigenvalue weighted by Crippen LogP contribution is -2.28. The Kier molecular flexibility index (Phi) is 8.84. The number of fused-ring (bicyclic) bond motifs is 11. The minimum atomic E-state index is -0.455. The lowest BCUT2D eigenvalue weighted by Gasteiger charge is -2.33. The van der Waals surface area contributed by atoms with Gasteiger partial charge in [-0.15, -0.1) is 0 Å². The van der Waals surface area contributed by atoms with Crippen LogP contribution in [0.4, 0.5) is 17.1 Å². The summed E-state index contributed by atoms with van der Waals surface area (Å²) >= 11 is 0. The van der Waals surface area contributed by atoms with Gasteiger partial charge in [-0.2, -0.15) is 0 Å². The molecule has 69 heavy (non-hydrogen) atoms. The van der Waals surface area contributed by atoms with Crippen LogP contribution in [0.5, 0.6) is 0 Å². The van der Waals surface area contributed by atoms with Crippen molar-refractivity contribution in [2.75, 3.05) is 4.90 Å². The lowest BCUT2D eigenvalue weighted by atomic mass is 9.67. The predicted octanol–water partition coefficient (Wildman–Crippen LogP) is 18.2. The Morgan fingerprint density at radius 2 is 0.855 bits per heavy atom. The van der Waals surface area contributed by atoms with Gasteiger partial charge in [-0.3, -0.25) is 0 Å². The average molecular weight is 878 g/mol. The summed E-state index contributed by atoms with van der Waals surface area (Å²) in [5.41, 5.74) is 16.6. The van der Waals surface area contributed by atoms with Gasteiger partial charge in [-0.25, -0.2) is 0 Å². The summed E-state index contributed by atoms with van der Waals surface area (Å²) in [4.78, 5) is 2.39.